The Labute approximate surface area is 172 Å². The average molecular weight is 498 g/mol. The van der Waals surface area contributed by atoms with Gasteiger partial charge in [0.15, 0.2) is 11.7 Å². The van der Waals surface area contributed by atoms with Gasteiger partial charge in [0.2, 0.25) is 0 Å². The molecule has 0 bridgehead atoms. The van der Waals surface area contributed by atoms with Crippen molar-refractivity contribution in [2.75, 3.05) is 13.6 Å². The van der Waals surface area contributed by atoms with E-state index in [0.717, 1.165) is 29.6 Å². The Bertz CT molecular complexity index is 699. The van der Waals surface area contributed by atoms with Crippen molar-refractivity contribution >= 4 is 41.3 Å². The largest absolute Gasteiger partial charge is 0.434 e. The summed E-state index contributed by atoms with van der Waals surface area (Å²) in [5, 5.41) is 7.51. The van der Waals surface area contributed by atoms with E-state index in [1.165, 1.54) is 11.1 Å². The fraction of sp³-hybridized carbons (Fsp3) is 0.412. The molecule has 26 heavy (non-hydrogen) atoms. The molecule has 0 fully saturated rings. The van der Waals surface area contributed by atoms with Gasteiger partial charge in [-0.3, -0.25) is 4.99 Å². The highest BCUT2D eigenvalue weighted by Crippen LogP contribution is 2.29. The van der Waals surface area contributed by atoms with Crippen molar-refractivity contribution in [2.24, 2.45) is 4.99 Å². The van der Waals surface area contributed by atoms with E-state index in [1.807, 2.05) is 0 Å². The van der Waals surface area contributed by atoms with Gasteiger partial charge in [0.25, 0.3) is 0 Å². The number of aliphatic imine (C=N–C) groups is 1. The molecule has 1 heterocycles. The van der Waals surface area contributed by atoms with Crippen molar-refractivity contribution in [1.29, 1.82) is 0 Å². The number of nitrogens with zero attached hydrogens (tertiary/aromatic N) is 2. The molecule has 0 aliphatic carbocycles. The molecule has 144 valence electrons. The van der Waals surface area contributed by atoms with E-state index in [9.17, 15) is 13.2 Å². The van der Waals surface area contributed by atoms with Crippen LogP contribution in [-0.2, 0) is 25.6 Å². The lowest BCUT2D eigenvalue weighted by atomic mass is 10.1. The predicted octanol–water partition coefficient (Wildman–Crippen LogP) is 4.25. The summed E-state index contributed by atoms with van der Waals surface area (Å²) < 4.78 is 37.6. The van der Waals surface area contributed by atoms with Crippen LogP contribution in [0.5, 0.6) is 0 Å². The molecule has 0 saturated carbocycles. The van der Waals surface area contributed by atoms with Crippen molar-refractivity contribution in [2.45, 2.75) is 32.5 Å². The zero-order chi connectivity index (χ0) is 18.3. The zero-order valence-electron chi connectivity index (χ0n) is 14.6. The quantitative estimate of drug-likeness (QED) is 0.356. The van der Waals surface area contributed by atoms with Crippen molar-refractivity contribution in [1.82, 2.24) is 15.6 Å². The molecule has 2 N–H and O–H groups in total. The van der Waals surface area contributed by atoms with Gasteiger partial charge in [-0.25, -0.2) is 4.98 Å². The molecule has 0 saturated heterocycles. The molecule has 2 rings (SSSR count). The predicted molar refractivity (Wildman–Crippen MR) is 110 cm³/mol. The smallest absolute Gasteiger partial charge is 0.356 e. The lowest BCUT2D eigenvalue weighted by Gasteiger charge is -2.11. The van der Waals surface area contributed by atoms with Gasteiger partial charge in [-0.15, -0.1) is 35.3 Å². The number of guanidine groups is 1. The highest BCUT2D eigenvalue weighted by atomic mass is 127. The van der Waals surface area contributed by atoms with Crippen molar-refractivity contribution in [3.8, 4) is 0 Å². The molecule has 1 aromatic carbocycles. The minimum absolute atomic E-state index is 0. The van der Waals surface area contributed by atoms with Gasteiger partial charge in [-0.05, 0) is 24.0 Å². The van der Waals surface area contributed by atoms with Gasteiger partial charge < -0.3 is 10.6 Å². The number of nitrogens with one attached hydrogen (secondary N) is 2. The standard InChI is InChI=1S/C17H21F3N4S.HI/c1-3-12-4-6-13(7-5-12)8-9-22-16(21-2)23-10-15-24-14(11-25-15)17(18,19)20;/h4-7,11H,3,8-10H2,1-2H3,(H2,21,22,23);1H. The zero-order valence-corrected chi connectivity index (χ0v) is 17.7. The highest BCUT2D eigenvalue weighted by molar-refractivity contribution is 14.0. The van der Waals surface area contributed by atoms with Gasteiger partial charge in [0.1, 0.15) is 5.01 Å². The fourth-order valence-corrected chi connectivity index (χ4v) is 2.91. The molecule has 0 radical (unpaired) electrons. The minimum atomic E-state index is -4.40. The number of thiazole rings is 1. The summed E-state index contributed by atoms with van der Waals surface area (Å²) in [7, 11) is 1.62. The number of rotatable bonds is 6. The Morgan fingerprint density at radius 3 is 2.35 bits per heavy atom. The van der Waals surface area contributed by atoms with Crippen molar-refractivity contribution in [3.05, 3.63) is 51.5 Å². The third-order valence-electron chi connectivity index (χ3n) is 3.61. The second kappa shape index (κ2) is 10.7. The first-order valence-corrected chi connectivity index (χ1v) is 8.84. The van der Waals surface area contributed by atoms with Gasteiger partial charge in [-0.1, -0.05) is 31.2 Å². The van der Waals surface area contributed by atoms with Crippen molar-refractivity contribution < 1.29 is 13.2 Å². The minimum Gasteiger partial charge on any atom is -0.356 e. The Morgan fingerprint density at radius 2 is 1.81 bits per heavy atom. The first kappa shape index (κ1) is 22.7. The van der Waals surface area contributed by atoms with E-state index in [4.69, 9.17) is 0 Å². The van der Waals surface area contributed by atoms with E-state index in [2.05, 4.69) is 51.8 Å². The molecule has 0 aliphatic heterocycles. The molecule has 4 nitrogen and oxygen atoms in total. The molecule has 9 heteroatoms. The van der Waals surface area contributed by atoms with E-state index in [0.29, 0.717) is 17.5 Å². The molecule has 2 aromatic rings. The lowest BCUT2D eigenvalue weighted by Crippen LogP contribution is -2.37. The van der Waals surface area contributed by atoms with Crippen LogP contribution >= 0.6 is 35.3 Å². The third-order valence-corrected chi connectivity index (χ3v) is 4.46. The molecule has 0 spiro atoms. The number of aryl methyl sites for hydroxylation is 1. The van der Waals surface area contributed by atoms with Crippen LogP contribution in [0.15, 0.2) is 34.6 Å². The summed E-state index contributed by atoms with van der Waals surface area (Å²) in [5.74, 6) is 0.536. The van der Waals surface area contributed by atoms with Crippen molar-refractivity contribution in [3.63, 3.8) is 0 Å². The summed E-state index contributed by atoms with van der Waals surface area (Å²) in [5.41, 5.74) is 1.67. The van der Waals surface area contributed by atoms with E-state index < -0.39 is 11.9 Å². The van der Waals surface area contributed by atoms with Gasteiger partial charge in [-0.2, -0.15) is 13.2 Å². The number of halogens is 4. The first-order chi connectivity index (χ1) is 11.9. The number of benzene rings is 1. The van der Waals surface area contributed by atoms with Gasteiger partial charge >= 0.3 is 6.18 Å². The highest BCUT2D eigenvalue weighted by Gasteiger charge is 2.33. The fourth-order valence-electron chi connectivity index (χ4n) is 2.17. The Morgan fingerprint density at radius 1 is 1.15 bits per heavy atom. The van der Waals surface area contributed by atoms with Crippen LogP contribution in [0.4, 0.5) is 13.2 Å². The summed E-state index contributed by atoms with van der Waals surface area (Å²) in [4.78, 5) is 7.65. The second-order valence-corrected chi connectivity index (χ2v) is 6.34. The topological polar surface area (TPSA) is 49.3 Å². The number of aromatic nitrogens is 1. The molecular weight excluding hydrogens is 476 g/mol. The Hall–Kier alpha value is -1.36. The SMILES string of the molecule is CCc1ccc(CCNC(=NC)NCc2nc(C(F)(F)F)cs2)cc1.I. The second-order valence-electron chi connectivity index (χ2n) is 5.40. The molecule has 0 atom stereocenters. The monoisotopic (exact) mass is 498 g/mol. The normalized spacial score (nSPS) is 11.8. The summed E-state index contributed by atoms with van der Waals surface area (Å²) in [6, 6.07) is 8.43. The van der Waals surface area contributed by atoms with E-state index in [-0.39, 0.29) is 30.5 Å². The summed E-state index contributed by atoms with van der Waals surface area (Å²) in [6.07, 6.45) is -2.55. The molecule has 0 amide bonds. The van der Waals surface area contributed by atoms with E-state index >= 15 is 0 Å². The lowest BCUT2D eigenvalue weighted by molar-refractivity contribution is -0.140. The Kier molecular flexibility index (Phi) is 9.34. The number of hydrogen-bond donors (Lipinski definition) is 2. The maximum atomic E-state index is 12.5. The molecule has 1 aromatic heterocycles. The summed E-state index contributed by atoms with van der Waals surface area (Å²) >= 11 is 0.977. The van der Waals surface area contributed by atoms with Gasteiger partial charge in [0, 0.05) is 19.0 Å². The van der Waals surface area contributed by atoms with Crippen LogP contribution < -0.4 is 10.6 Å². The maximum absolute atomic E-state index is 12.5. The molecular formula is C17H22F3IN4S. The number of hydrogen-bond acceptors (Lipinski definition) is 3. The van der Waals surface area contributed by atoms with Crippen LogP contribution in [0, 0.1) is 0 Å². The Balaban J connectivity index is 0.00000338. The maximum Gasteiger partial charge on any atom is 0.434 e. The van der Waals surface area contributed by atoms with Crippen LogP contribution in [0.3, 0.4) is 0 Å². The first-order valence-electron chi connectivity index (χ1n) is 7.96. The third kappa shape index (κ3) is 7.10. The summed E-state index contributed by atoms with van der Waals surface area (Å²) in [6.45, 7) is 2.99. The van der Waals surface area contributed by atoms with Crippen LogP contribution in [0.2, 0.25) is 0 Å². The average Bonchev–Trinajstić information content (AvgIpc) is 3.08. The van der Waals surface area contributed by atoms with Crippen LogP contribution in [0.25, 0.3) is 0 Å². The van der Waals surface area contributed by atoms with Gasteiger partial charge in [0.05, 0.1) is 6.54 Å². The van der Waals surface area contributed by atoms with Crippen LogP contribution in [-0.4, -0.2) is 24.5 Å². The van der Waals surface area contributed by atoms with E-state index in [1.54, 1.807) is 7.05 Å². The number of alkyl halides is 3. The van der Waals surface area contributed by atoms with Crippen LogP contribution in [0.1, 0.15) is 28.8 Å². The molecule has 0 aliphatic rings. The molecule has 0 unspecified atom stereocenters.